The number of rotatable bonds is 10. The molecular weight excluding hydrogens is 496 g/mol. The van der Waals surface area contributed by atoms with Crippen LogP contribution in [0.25, 0.3) is 0 Å². The van der Waals surface area contributed by atoms with E-state index in [2.05, 4.69) is 4.72 Å². The third-order valence-corrected chi connectivity index (χ3v) is 6.80. The van der Waals surface area contributed by atoms with Crippen molar-refractivity contribution < 1.29 is 32.8 Å². The molecule has 9 nitrogen and oxygen atoms in total. The molecule has 0 aliphatic rings. The van der Waals surface area contributed by atoms with Gasteiger partial charge in [-0.3, -0.25) is 4.72 Å². The fourth-order valence-electron chi connectivity index (χ4n) is 3.36. The molecule has 0 amide bonds. The number of hydrogen-bond acceptors (Lipinski definition) is 8. The standard InChI is InChI=1S/C27H30N2O7S/c1-27(2,3)19-10-12-21(13-11-19)37(32,33)29-22-14-9-18(15-28)25(35-17-20(31)16-30)26(22)36-24-8-6-5-7-23(24)34-4/h5-14,20,29-31H,16-17H2,1-4H3/t20-/m0/s1. The third-order valence-electron chi connectivity index (χ3n) is 5.42. The van der Waals surface area contributed by atoms with Crippen LogP contribution in [-0.2, 0) is 15.4 Å². The van der Waals surface area contributed by atoms with Crippen LogP contribution >= 0.6 is 0 Å². The van der Waals surface area contributed by atoms with E-state index >= 15 is 0 Å². The van der Waals surface area contributed by atoms with Crippen molar-refractivity contribution in [1.29, 1.82) is 5.26 Å². The van der Waals surface area contributed by atoms with E-state index in [1.54, 1.807) is 36.4 Å². The van der Waals surface area contributed by atoms with E-state index in [4.69, 9.17) is 14.2 Å². The molecule has 37 heavy (non-hydrogen) atoms. The number of methoxy groups -OCH3 is 1. The monoisotopic (exact) mass is 526 g/mol. The molecule has 0 saturated carbocycles. The minimum atomic E-state index is -4.07. The summed E-state index contributed by atoms with van der Waals surface area (Å²) < 4.78 is 46.1. The number of benzene rings is 3. The van der Waals surface area contributed by atoms with Crippen LogP contribution in [0.4, 0.5) is 5.69 Å². The summed E-state index contributed by atoms with van der Waals surface area (Å²) in [5.41, 5.74) is 0.859. The molecule has 0 aliphatic carbocycles. The maximum atomic E-state index is 13.3. The van der Waals surface area contributed by atoms with Crippen molar-refractivity contribution in [1.82, 2.24) is 0 Å². The van der Waals surface area contributed by atoms with Crippen molar-refractivity contribution in [3.05, 3.63) is 71.8 Å². The number of nitrogens with one attached hydrogen (secondary N) is 1. The number of anilines is 1. The maximum absolute atomic E-state index is 13.3. The molecule has 0 fully saturated rings. The van der Waals surface area contributed by atoms with Crippen molar-refractivity contribution in [3.63, 3.8) is 0 Å². The summed E-state index contributed by atoms with van der Waals surface area (Å²) in [6, 6.07) is 18.0. The van der Waals surface area contributed by atoms with Crippen LogP contribution in [0.2, 0.25) is 0 Å². The summed E-state index contributed by atoms with van der Waals surface area (Å²) in [4.78, 5) is 0.0336. The highest BCUT2D eigenvalue weighted by atomic mass is 32.2. The second kappa shape index (κ2) is 11.5. The number of nitriles is 1. The normalized spacial score (nSPS) is 12.4. The van der Waals surface area contributed by atoms with Crippen LogP contribution in [0.3, 0.4) is 0 Å². The fourth-order valence-corrected chi connectivity index (χ4v) is 4.42. The topological polar surface area (TPSA) is 138 Å². The molecule has 0 aliphatic heterocycles. The first-order valence-corrected chi connectivity index (χ1v) is 12.9. The lowest BCUT2D eigenvalue weighted by Gasteiger charge is -2.21. The molecule has 0 bridgehead atoms. The highest BCUT2D eigenvalue weighted by Gasteiger charge is 2.24. The number of aliphatic hydroxyl groups excluding tert-OH is 2. The van der Waals surface area contributed by atoms with Crippen LogP contribution in [0.15, 0.2) is 65.6 Å². The summed E-state index contributed by atoms with van der Waals surface area (Å²) in [5.74, 6) is 0.383. The van der Waals surface area contributed by atoms with Gasteiger partial charge in [-0.1, -0.05) is 45.0 Å². The van der Waals surface area contributed by atoms with Crippen LogP contribution in [-0.4, -0.2) is 45.1 Å². The second-order valence-corrected chi connectivity index (χ2v) is 10.9. The van der Waals surface area contributed by atoms with Crippen LogP contribution < -0.4 is 18.9 Å². The molecule has 3 rings (SSSR count). The predicted octanol–water partition coefficient (Wildman–Crippen LogP) is 4.19. The van der Waals surface area contributed by atoms with Crippen LogP contribution in [0.1, 0.15) is 31.9 Å². The van der Waals surface area contributed by atoms with Gasteiger partial charge in [0.1, 0.15) is 18.8 Å². The minimum absolute atomic E-state index is 0.00158. The summed E-state index contributed by atoms with van der Waals surface area (Å²) in [6.45, 7) is 5.16. The van der Waals surface area contributed by atoms with Crippen molar-refractivity contribution in [2.24, 2.45) is 0 Å². The fraction of sp³-hybridized carbons (Fsp3) is 0.296. The lowest BCUT2D eigenvalue weighted by molar-refractivity contribution is 0.0528. The lowest BCUT2D eigenvalue weighted by atomic mass is 9.87. The molecule has 0 saturated heterocycles. The first-order valence-electron chi connectivity index (χ1n) is 11.4. The summed E-state index contributed by atoms with van der Waals surface area (Å²) in [5, 5.41) is 28.6. The Labute approximate surface area is 216 Å². The van der Waals surface area contributed by atoms with E-state index in [1.165, 1.54) is 31.4 Å². The van der Waals surface area contributed by atoms with E-state index in [0.29, 0.717) is 5.75 Å². The highest BCUT2D eigenvalue weighted by Crippen LogP contribution is 2.44. The van der Waals surface area contributed by atoms with Crippen molar-refractivity contribution in [3.8, 4) is 29.1 Å². The number of para-hydroxylation sites is 2. The molecule has 1 atom stereocenters. The van der Waals surface area contributed by atoms with Crippen LogP contribution in [0.5, 0.6) is 23.0 Å². The zero-order chi connectivity index (χ0) is 27.2. The van der Waals surface area contributed by atoms with Crippen molar-refractivity contribution >= 4 is 15.7 Å². The number of nitrogens with zero attached hydrogens (tertiary/aromatic N) is 1. The largest absolute Gasteiger partial charge is 0.493 e. The average molecular weight is 527 g/mol. The third kappa shape index (κ3) is 6.71. The Morgan fingerprint density at radius 1 is 1.00 bits per heavy atom. The van der Waals surface area contributed by atoms with Gasteiger partial charge in [0.05, 0.1) is 29.9 Å². The zero-order valence-electron chi connectivity index (χ0n) is 21.1. The highest BCUT2D eigenvalue weighted by molar-refractivity contribution is 7.92. The van der Waals surface area contributed by atoms with E-state index in [1.807, 2.05) is 26.8 Å². The van der Waals surface area contributed by atoms with Gasteiger partial charge in [0.25, 0.3) is 10.0 Å². The SMILES string of the molecule is COc1ccccc1Oc1c(NS(=O)(=O)c2ccc(C(C)(C)C)cc2)ccc(C#N)c1OC[C@@H](O)CO. The van der Waals surface area contributed by atoms with Crippen molar-refractivity contribution in [2.45, 2.75) is 37.2 Å². The average Bonchev–Trinajstić information content (AvgIpc) is 2.88. The molecule has 10 heteroatoms. The zero-order valence-corrected chi connectivity index (χ0v) is 21.9. The Morgan fingerprint density at radius 3 is 2.22 bits per heavy atom. The van der Waals surface area contributed by atoms with Gasteiger partial charge in [-0.05, 0) is 47.4 Å². The van der Waals surface area contributed by atoms with Crippen molar-refractivity contribution in [2.75, 3.05) is 25.0 Å². The number of ether oxygens (including phenoxy) is 3. The van der Waals surface area contributed by atoms with Crippen LogP contribution in [0, 0.1) is 11.3 Å². The molecule has 3 aromatic rings. The number of hydrogen-bond donors (Lipinski definition) is 3. The summed E-state index contributed by atoms with van der Waals surface area (Å²) >= 11 is 0. The second-order valence-electron chi connectivity index (χ2n) is 9.21. The van der Waals surface area contributed by atoms with Gasteiger partial charge in [0, 0.05) is 0 Å². The van der Waals surface area contributed by atoms with E-state index in [0.717, 1.165) is 5.56 Å². The smallest absolute Gasteiger partial charge is 0.262 e. The Morgan fingerprint density at radius 2 is 1.65 bits per heavy atom. The van der Waals surface area contributed by atoms with Gasteiger partial charge in [0.2, 0.25) is 0 Å². The Balaban J connectivity index is 2.10. The Hall–Kier alpha value is -3.78. The molecule has 196 valence electrons. The molecule has 0 spiro atoms. The first-order chi connectivity index (χ1) is 17.5. The molecule has 3 aromatic carbocycles. The van der Waals surface area contributed by atoms with Gasteiger partial charge < -0.3 is 24.4 Å². The Kier molecular flexibility index (Phi) is 8.65. The van der Waals surface area contributed by atoms with E-state index in [-0.39, 0.29) is 45.4 Å². The molecule has 0 heterocycles. The van der Waals surface area contributed by atoms with Gasteiger partial charge in [-0.15, -0.1) is 0 Å². The number of aliphatic hydroxyl groups is 2. The quantitative estimate of drug-likeness (QED) is 0.358. The predicted molar refractivity (Wildman–Crippen MR) is 139 cm³/mol. The maximum Gasteiger partial charge on any atom is 0.262 e. The summed E-state index contributed by atoms with van der Waals surface area (Å²) in [6.07, 6.45) is -1.23. The molecule has 0 radical (unpaired) electrons. The number of sulfonamides is 1. The van der Waals surface area contributed by atoms with E-state index < -0.39 is 22.7 Å². The van der Waals surface area contributed by atoms with Gasteiger partial charge in [-0.25, -0.2) is 8.42 Å². The van der Waals surface area contributed by atoms with Gasteiger partial charge in [0.15, 0.2) is 23.0 Å². The first kappa shape index (κ1) is 27.8. The molecule has 0 unspecified atom stereocenters. The van der Waals surface area contributed by atoms with Gasteiger partial charge in [-0.2, -0.15) is 5.26 Å². The molecular formula is C27H30N2O7S. The Bertz CT molecular complexity index is 1380. The molecule has 3 N–H and O–H groups in total. The van der Waals surface area contributed by atoms with E-state index in [9.17, 15) is 23.9 Å². The minimum Gasteiger partial charge on any atom is -0.493 e. The van der Waals surface area contributed by atoms with Gasteiger partial charge >= 0.3 is 0 Å². The molecule has 0 aromatic heterocycles. The lowest BCUT2D eigenvalue weighted by Crippen LogP contribution is -2.22. The summed E-state index contributed by atoms with van der Waals surface area (Å²) in [7, 11) is -2.62.